The van der Waals surface area contributed by atoms with E-state index in [4.69, 9.17) is 5.53 Å². The van der Waals surface area contributed by atoms with Crippen molar-refractivity contribution in [1.82, 2.24) is 0 Å². The van der Waals surface area contributed by atoms with E-state index in [-0.39, 0.29) is 12.8 Å². The minimum atomic E-state index is -2.66. The Morgan fingerprint density at radius 2 is 1.29 bits per heavy atom. The second-order valence-electron chi connectivity index (χ2n) is 8.03. The Balaban J connectivity index is 1.83. The lowest BCUT2D eigenvalue weighted by atomic mass is 9.96. The van der Waals surface area contributed by atoms with Crippen LogP contribution in [0.25, 0.3) is 5.53 Å². The van der Waals surface area contributed by atoms with Crippen LogP contribution in [0.4, 0.5) is 17.6 Å². The van der Waals surface area contributed by atoms with E-state index in [1.54, 1.807) is 60.7 Å². The fraction of sp³-hybridized carbons (Fsp3) is 0.400. The molecule has 0 amide bonds. The van der Waals surface area contributed by atoms with Gasteiger partial charge in [0.25, 0.3) is 6.17 Å². The van der Waals surface area contributed by atoms with E-state index < -0.39 is 67.3 Å². The number of carbonyl (C=O) groups excluding carboxylic acids is 2. The molecule has 0 radical (unpaired) electrons. The predicted molar refractivity (Wildman–Crippen MR) is 118 cm³/mol. The molecule has 2 aromatic carbocycles. The molecule has 0 aliphatic rings. The molecule has 2 aromatic rings. The number of alkyl halides is 4. The first kappa shape index (κ1) is 27.1. The number of benzene rings is 2. The van der Waals surface area contributed by atoms with Gasteiger partial charge in [-0.3, -0.25) is 9.59 Å². The molecule has 0 aliphatic carbocycles. The highest BCUT2D eigenvalue weighted by Gasteiger charge is 2.38. The SMILES string of the molecule is [N-]=[N+]=C(C(F)Cc1ccccc1)C(F)C(=O)CC(O)CC(=O)C(F)CC(F)Cc1ccccc1. The Kier molecular flexibility index (Phi) is 10.8. The van der Waals surface area contributed by atoms with E-state index in [9.17, 15) is 32.3 Å². The molecule has 0 spiro atoms. The average molecular weight is 478 g/mol. The molecular weight excluding hydrogens is 452 g/mol. The fourth-order valence-electron chi connectivity index (χ4n) is 3.44. The van der Waals surface area contributed by atoms with Crippen molar-refractivity contribution in [1.29, 1.82) is 0 Å². The van der Waals surface area contributed by atoms with Gasteiger partial charge in [-0.25, -0.2) is 17.6 Å². The van der Waals surface area contributed by atoms with Gasteiger partial charge in [-0.15, -0.1) is 0 Å². The van der Waals surface area contributed by atoms with Crippen LogP contribution < -0.4 is 0 Å². The molecule has 5 unspecified atom stereocenters. The van der Waals surface area contributed by atoms with E-state index >= 15 is 0 Å². The van der Waals surface area contributed by atoms with Crippen LogP contribution in [0, 0.1) is 0 Å². The summed E-state index contributed by atoms with van der Waals surface area (Å²) in [5.41, 5.74) is 9.05. The van der Waals surface area contributed by atoms with Crippen LogP contribution in [-0.4, -0.2) is 58.0 Å². The van der Waals surface area contributed by atoms with Crippen LogP contribution >= 0.6 is 0 Å². The maximum absolute atomic E-state index is 14.4. The quantitative estimate of drug-likeness (QED) is 0.191. The van der Waals surface area contributed by atoms with Crippen molar-refractivity contribution in [2.24, 2.45) is 0 Å². The second-order valence-corrected chi connectivity index (χ2v) is 8.03. The highest BCUT2D eigenvalue weighted by atomic mass is 19.2. The highest BCUT2D eigenvalue weighted by molar-refractivity contribution is 6.07. The second kappa shape index (κ2) is 13.5. The molecule has 0 bridgehead atoms. The highest BCUT2D eigenvalue weighted by Crippen LogP contribution is 2.17. The smallest absolute Gasteiger partial charge is 0.344 e. The van der Waals surface area contributed by atoms with Gasteiger partial charge < -0.3 is 10.6 Å². The third kappa shape index (κ3) is 8.65. The number of nitrogens with zero attached hydrogens (tertiary/aromatic N) is 2. The van der Waals surface area contributed by atoms with Crippen LogP contribution in [0.5, 0.6) is 0 Å². The molecule has 0 saturated carbocycles. The number of aliphatic hydroxyl groups excluding tert-OH is 1. The maximum Gasteiger partial charge on any atom is 0.344 e. The lowest BCUT2D eigenvalue weighted by Gasteiger charge is -2.14. The summed E-state index contributed by atoms with van der Waals surface area (Å²) in [5, 5.41) is 9.92. The zero-order chi connectivity index (χ0) is 25.1. The fourth-order valence-corrected chi connectivity index (χ4v) is 3.44. The summed E-state index contributed by atoms with van der Waals surface area (Å²) >= 11 is 0. The molecule has 9 heteroatoms. The summed E-state index contributed by atoms with van der Waals surface area (Å²) in [6, 6.07) is 16.6. The zero-order valence-corrected chi connectivity index (χ0v) is 18.4. The Labute approximate surface area is 195 Å². The van der Waals surface area contributed by atoms with Gasteiger partial charge >= 0.3 is 5.71 Å². The van der Waals surface area contributed by atoms with Crippen molar-refractivity contribution in [3.05, 3.63) is 77.3 Å². The van der Waals surface area contributed by atoms with Gasteiger partial charge in [0.15, 0.2) is 17.7 Å². The summed E-state index contributed by atoms with van der Waals surface area (Å²) < 4.78 is 57.1. The Hall–Kier alpha value is -3.16. The summed E-state index contributed by atoms with van der Waals surface area (Å²) in [5.74, 6) is -2.46. The van der Waals surface area contributed by atoms with Crippen molar-refractivity contribution >= 4 is 17.3 Å². The predicted octanol–water partition coefficient (Wildman–Crippen LogP) is 4.16. The zero-order valence-electron chi connectivity index (χ0n) is 18.4. The van der Waals surface area contributed by atoms with E-state index in [2.05, 4.69) is 4.79 Å². The molecule has 2 rings (SSSR count). The van der Waals surface area contributed by atoms with Gasteiger partial charge in [-0.1, -0.05) is 60.7 Å². The Morgan fingerprint density at radius 3 is 1.82 bits per heavy atom. The summed E-state index contributed by atoms with van der Waals surface area (Å²) in [6.07, 6.45) is -13.3. The summed E-state index contributed by atoms with van der Waals surface area (Å²) in [4.78, 5) is 26.6. The van der Waals surface area contributed by atoms with Gasteiger partial charge in [-0.2, -0.15) is 4.79 Å². The van der Waals surface area contributed by atoms with E-state index in [1.807, 2.05) is 0 Å². The monoisotopic (exact) mass is 478 g/mol. The number of hydrogen-bond donors (Lipinski definition) is 1. The molecule has 0 heterocycles. The molecule has 0 fully saturated rings. The number of halogens is 4. The van der Waals surface area contributed by atoms with Crippen LogP contribution in [0.3, 0.4) is 0 Å². The van der Waals surface area contributed by atoms with Crippen LogP contribution in [0.2, 0.25) is 0 Å². The van der Waals surface area contributed by atoms with Crippen LogP contribution in [0.15, 0.2) is 60.7 Å². The van der Waals surface area contributed by atoms with Gasteiger partial charge in [0.1, 0.15) is 6.17 Å². The third-order valence-corrected chi connectivity index (χ3v) is 5.22. The first-order valence-electron chi connectivity index (χ1n) is 10.8. The normalized spacial score (nSPS) is 15.4. The number of rotatable bonds is 14. The molecule has 182 valence electrons. The van der Waals surface area contributed by atoms with Crippen molar-refractivity contribution in [2.45, 2.75) is 62.9 Å². The Morgan fingerprint density at radius 1 is 0.794 bits per heavy atom. The first-order valence-corrected chi connectivity index (χ1v) is 10.8. The maximum atomic E-state index is 14.4. The number of hydrogen-bond acceptors (Lipinski definition) is 3. The van der Waals surface area contributed by atoms with Gasteiger partial charge in [0, 0.05) is 32.1 Å². The van der Waals surface area contributed by atoms with Gasteiger partial charge in [0.05, 0.1) is 6.10 Å². The summed E-state index contributed by atoms with van der Waals surface area (Å²) in [7, 11) is 0. The van der Waals surface area contributed by atoms with E-state index in [0.29, 0.717) is 11.1 Å². The first-order chi connectivity index (χ1) is 16.2. The largest absolute Gasteiger partial charge is 0.392 e. The van der Waals surface area contributed by atoms with Gasteiger partial charge in [0.2, 0.25) is 6.17 Å². The van der Waals surface area contributed by atoms with Crippen LogP contribution in [0.1, 0.15) is 30.4 Å². The van der Waals surface area contributed by atoms with Crippen molar-refractivity contribution < 1.29 is 37.0 Å². The summed E-state index contributed by atoms with van der Waals surface area (Å²) in [6.45, 7) is 0. The van der Waals surface area contributed by atoms with Crippen molar-refractivity contribution in [2.75, 3.05) is 0 Å². The number of carbonyl (C=O) groups is 2. The molecule has 1 N–H and O–H groups in total. The number of ketones is 2. The average Bonchev–Trinajstić information content (AvgIpc) is 2.80. The lowest BCUT2D eigenvalue weighted by molar-refractivity contribution is -0.129. The van der Waals surface area contributed by atoms with E-state index in [0.717, 1.165) is 0 Å². The van der Waals surface area contributed by atoms with Crippen molar-refractivity contribution in [3.63, 3.8) is 0 Å². The molecule has 5 nitrogen and oxygen atoms in total. The van der Waals surface area contributed by atoms with Gasteiger partial charge in [-0.05, 0) is 11.1 Å². The molecule has 5 atom stereocenters. The standard InChI is InChI=1S/C25H26F4N2O3/c26-18(11-16-7-3-1-4-8-16)13-20(27)22(33)14-19(32)15-23(34)24(29)25(31-30)21(28)12-17-9-5-2-6-10-17/h1-10,18-21,24,32H,11-15H2. The third-order valence-electron chi connectivity index (χ3n) is 5.22. The lowest BCUT2D eigenvalue weighted by Crippen LogP contribution is -2.37. The van der Waals surface area contributed by atoms with Crippen LogP contribution in [-0.2, 0) is 22.4 Å². The molecule has 0 aromatic heterocycles. The molecular formula is C25H26F4N2O3. The molecule has 34 heavy (non-hydrogen) atoms. The number of aliphatic hydroxyl groups is 1. The molecule has 0 aliphatic heterocycles. The minimum Gasteiger partial charge on any atom is -0.392 e. The van der Waals surface area contributed by atoms with Crippen molar-refractivity contribution in [3.8, 4) is 0 Å². The minimum absolute atomic E-state index is 0.0875. The van der Waals surface area contributed by atoms with E-state index in [1.165, 1.54) is 0 Å². The Bertz CT molecular complexity index is 984. The molecule has 0 saturated heterocycles. The number of Topliss-reactive ketones (excluding diaryl/α,β-unsaturated/α-hetero) is 2. The topological polar surface area (TPSA) is 90.8 Å².